The molecule has 2 aliphatic rings. The molecule has 2 fully saturated rings. The molecule has 1 aromatic heterocycles. The topological polar surface area (TPSA) is 144 Å². The first-order valence-corrected chi connectivity index (χ1v) is 19.1. The quantitative estimate of drug-likeness (QED) is 0.198. The average molecular weight is 757 g/mol. The Kier molecular flexibility index (Phi) is 12.4. The smallest absolute Gasteiger partial charge is 0.249 e. The maximum Gasteiger partial charge on any atom is 0.249 e. The summed E-state index contributed by atoms with van der Waals surface area (Å²) in [5, 5.41) is 3.42. The van der Waals surface area contributed by atoms with Crippen molar-refractivity contribution in [2.45, 2.75) is 12.5 Å². The van der Waals surface area contributed by atoms with Gasteiger partial charge in [-0.25, -0.2) is 4.98 Å². The van der Waals surface area contributed by atoms with Crippen LogP contribution in [0.5, 0.6) is 17.2 Å². The number of anilines is 2. The second-order valence-corrected chi connectivity index (χ2v) is 14.2. The second-order valence-electron chi connectivity index (χ2n) is 12.1. The van der Waals surface area contributed by atoms with Gasteiger partial charge in [-0.1, -0.05) is 54.2 Å². The van der Waals surface area contributed by atoms with Crippen LogP contribution in [0.4, 0.5) is 11.8 Å². The van der Waals surface area contributed by atoms with E-state index in [0.717, 1.165) is 23.1 Å². The number of hydrogen-bond acceptors (Lipinski definition) is 12. The summed E-state index contributed by atoms with van der Waals surface area (Å²) < 4.78 is 16.3. The number of nitrogens with one attached hydrogen (secondary N) is 1. The van der Waals surface area contributed by atoms with Crippen LogP contribution in [0.2, 0.25) is 0 Å². The van der Waals surface area contributed by atoms with Gasteiger partial charge in [0.1, 0.15) is 17.6 Å². The second kappa shape index (κ2) is 17.5. The lowest BCUT2D eigenvalue weighted by Gasteiger charge is -2.34. The van der Waals surface area contributed by atoms with Crippen LogP contribution in [0.3, 0.4) is 0 Å². The molecule has 0 spiro atoms. The van der Waals surface area contributed by atoms with Crippen molar-refractivity contribution in [2.75, 3.05) is 75.1 Å². The minimum atomic E-state index is -0.725. The van der Waals surface area contributed by atoms with Crippen LogP contribution in [-0.4, -0.2) is 114 Å². The van der Waals surface area contributed by atoms with E-state index in [-0.39, 0.29) is 35.1 Å². The van der Waals surface area contributed by atoms with Crippen molar-refractivity contribution < 1.29 is 33.4 Å². The van der Waals surface area contributed by atoms with Gasteiger partial charge in [0.15, 0.2) is 11.5 Å². The molecule has 0 bridgehead atoms. The molecule has 0 radical (unpaired) electrons. The van der Waals surface area contributed by atoms with Crippen LogP contribution >= 0.6 is 23.5 Å². The van der Waals surface area contributed by atoms with E-state index in [1.54, 1.807) is 65.5 Å². The molecule has 1 atom stereocenters. The summed E-state index contributed by atoms with van der Waals surface area (Å²) >= 11 is 2.58. The predicted octanol–water partition coefficient (Wildman–Crippen LogP) is 4.82. The molecule has 53 heavy (non-hydrogen) atoms. The van der Waals surface area contributed by atoms with E-state index in [4.69, 9.17) is 24.2 Å². The highest BCUT2D eigenvalue weighted by Gasteiger charge is 2.35. The minimum absolute atomic E-state index is 0.0976. The summed E-state index contributed by atoms with van der Waals surface area (Å²) in [6.07, 6.45) is 3.47. The Hall–Kier alpha value is -5.28. The predicted molar refractivity (Wildman–Crippen MR) is 208 cm³/mol. The molecule has 13 nitrogen and oxygen atoms in total. The van der Waals surface area contributed by atoms with Crippen molar-refractivity contribution in [3.63, 3.8) is 0 Å². The summed E-state index contributed by atoms with van der Waals surface area (Å²) in [6.45, 7) is 1.85. The van der Waals surface area contributed by atoms with Crippen LogP contribution in [0, 0.1) is 0 Å². The van der Waals surface area contributed by atoms with E-state index in [1.165, 1.54) is 26.0 Å². The van der Waals surface area contributed by atoms with Gasteiger partial charge < -0.3 is 34.2 Å². The Morgan fingerprint density at radius 1 is 0.906 bits per heavy atom. The number of hydrogen-bond donors (Lipinski definition) is 1. The molecule has 3 aromatic carbocycles. The standard InChI is InChI=1S/C38H40N6O7S2/c1-49-27-12-9-25(10-13-27)11-14-33(45)42-16-18-43(19-17-42)38-39-29-22-32(51-3)31(50-2)21-28(29)35(41-38)40-36(47)30-23-52-24-44(30)34(46)15-20-53-37(48)26-7-5-4-6-8-26/h4-14,21-22,30H,15-20,23-24H2,1-3H3,(H,39,40,41,47)/b14-11+. The molecule has 0 aliphatic carbocycles. The van der Waals surface area contributed by atoms with Gasteiger partial charge in [0, 0.05) is 67.2 Å². The Morgan fingerprint density at radius 3 is 2.32 bits per heavy atom. The Bertz CT molecular complexity index is 1990. The van der Waals surface area contributed by atoms with Crippen molar-refractivity contribution in [2.24, 2.45) is 0 Å². The van der Waals surface area contributed by atoms with Crippen LogP contribution < -0.4 is 24.4 Å². The Balaban J connectivity index is 1.15. The highest BCUT2D eigenvalue weighted by Crippen LogP contribution is 2.36. The fourth-order valence-corrected chi connectivity index (χ4v) is 7.88. The summed E-state index contributed by atoms with van der Waals surface area (Å²) in [5.41, 5.74) is 2.00. The van der Waals surface area contributed by atoms with Crippen LogP contribution in [0.1, 0.15) is 22.3 Å². The third-order valence-corrected chi connectivity index (χ3v) is 10.8. The van der Waals surface area contributed by atoms with Crippen LogP contribution in [0.15, 0.2) is 72.8 Å². The van der Waals surface area contributed by atoms with E-state index in [1.807, 2.05) is 35.2 Å². The fourth-order valence-electron chi connectivity index (χ4n) is 5.93. The van der Waals surface area contributed by atoms with Crippen molar-refractivity contribution in [3.05, 3.63) is 83.9 Å². The van der Waals surface area contributed by atoms with Crippen molar-refractivity contribution in [3.8, 4) is 17.2 Å². The molecule has 3 amide bonds. The number of carbonyl (C=O) groups excluding carboxylic acids is 4. The normalized spacial score (nSPS) is 15.8. The molecular formula is C38H40N6O7S2. The van der Waals surface area contributed by atoms with E-state index in [9.17, 15) is 19.2 Å². The molecule has 2 saturated heterocycles. The molecule has 15 heteroatoms. The summed E-state index contributed by atoms with van der Waals surface area (Å²) in [6, 6.07) is 19.1. The number of carbonyl (C=O) groups is 4. The molecule has 4 aromatic rings. The monoisotopic (exact) mass is 756 g/mol. The van der Waals surface area contributed by atoms with E-state index in [2.05, 4.69) is 5.32 Å². The number of aromatic nitrogens is 2. The van der Waals surface area contributed by atoms with Crippen LogP contribution in [-0.2, 0) is 14.4 Å². The number of methoxy groups -OCH3 is 3. The fraction of sp³-hybridized carbons (Fsp3) is 0.316. The summed E-state index contributed by atoms with van der Waals surface area (Å²) in [4.78, 5) is 67.6. The zero-order valence-corrected chi connectivity index (χ0v) is 31.3. The number of ether oxygens (including phenoxy) is 3. The largest absolute Gasteiger partial charge is 0.497 e. The minimum Gasteiger partial charge on any atom is -0.497 e. The van der Waals surface area contributed by atoms with Gasteiger partial charge in [0.05, 0.1) is 32.7 Å². The average Bonchev–Trinajstić information content (AvgIpc) is 3.70. The highest BCUT2D eigenvalue weighted by atomic mass is 32.2. The third-order valence-electron chi connectivity index (χ3n) is 8.90. The number of fused-ring (bicyclic) bond motifs is 1. The molecule has 3 heterocycles. The van der Waals surface area contributed by atoms with Crippen molar-refractivity contribution >= 4 is 75.1 Å². The third kappa shape index (κ3) is 9.03. The maximum atomic E-state index is 13.9. The number of rotatable bonds is 12. The lowest BCUT2D eigenvalue weighted by Crippen LogP contribution is -2.49. The molecule has 0 saturated carbocycles. The molecule has 2 aliphatic heterocycles. The number of nitrogens with zero attached hydrogens (tertiary/aromatic N) is 5. The Labute approximate surface area is 316 Å². The van der Waals surface area contributed by atoms with Gasteiger partial charge in [0.2, 0.25) is 28.8 Å². The van der Waals surface area contributed by atoms with Gasteiger partial charge in [-0.3, -0.25) is 19.2 Å². The summed E-state index contributed by atoms with van der Waals surface area (Å²) in [5.74, 6) is 2.73. The highest BCUT2D eigenvalue weighted by molar-refractivity contribution is 8.14. The first-order valence-electron chi connectivity index (χ1n) is 17.0. The zero-order chi connectivity index (χ0) is 37.3. The number of benzene rings is 3. The molecule has 1 unspecified atom stereocenters. The van der Waals surface area contributed by atoms with E-state index in [0.29, 0.717) is 77.5 Å². The Morgan fingerprint density at radius 2 is 1.62 bits per heavy atom. The lowest BCUT2D eigenvalue weighted by molar-refractivity contribution is -0.135. The maximum absolute atomic E-state index is 13.9. The number of amides is 3. The molecular weight excluding hydrogens is 717 g/mol. The summed E-state index contributed by atoms with van der Waals surface area (Å²) in [7, 11) is 4.67. The zero-order valence-electron chi connectivity index (χ0n) is 29.7. The van der Waals surface area contributed by atoms with Gasteiger partial charge >= 0.3 is 0 Å². The van der Waals surface area contributed by atoms with Gasteiger partial charge in [-0.05, 0) is 29.8 Å². The molecule has 1 N–H and O–H groups in total. The number of piperazine rings is 1. The van der Waals surface area contributed by atoms with Gasteiger partial charge in [-0.2, -0.15) is 4.98 Å². The van der Waals surface area contributed by atoms with Crippen LogP contribution in [0.25, 0.3) is 17.0 Å². The van der Waals surface area contributed by atoms with E-state index >= 15 is 0 Å². The van der Waals surface area contributed by atoms with Gasteiger partial charge in [-0.15, -0.1) is 11.8 Å². The molecule has 276 valence electrons. The van der Waals surface area contributed by atoms with Gasteiger partial charge in [0.25, 0.3) is 0 Å². The van der Waals surface area contributed by atoms with Crippen molar-refractivity contribution in [1.29, 1.82) is 0 Å². The first kappa shape index (κ1) is 37.5. The lowest BCUT2D eigenvalue weighted by atomic mass is 10.2. The number of thioether (sulfide) groups is 2. The van der Waals surface area contributed by atoms with E-state index < -0.39 is 6.04 Å². The molecule has 6 rings (SSSR count). The first-order chi connectivity index (χ1) is 25.8. The van der Waals surface area contributed by atoms with Crippen molar-refractivity contribution in [1.82, 2.24) is 19.8 Å². The SMILES string of the molecule is COc1ccc(/C=C/C(=O)N2CCN(c3nc(NC(=O)C4CSCN4C(=O)CCSC(=O)c4ccccc4)c4cc(OC)c(OC)cc4n3)CC2)cc1.